The number of benzene rings is 2. The molecule has 1 fully saturated rings. The minimum absolute atomic E-state index is 0.168. The van der Waals surface area contributed by atoms with Gasteiger partial charge in [0.25, 0.3) is 0 Å². The first-order valence-electron chi connectivity index (χ1n) is 14.6. The number of rotatable bonds is 7. The van der Waals surface area contributed by atoms with E-state index in [2.05, 4.69) is 49.8 Å². The molecule has 42 heavy (non-hydrogen) atoms. The zero-order valence-corrected chi connectivity index (χ0v) is 26.4. The molecule has 0 bridgehead atoms. The fourth-order valence-electron chi connectivity index (χ4n) is 5.63. The smallest absolute Gasteiger partial charge is 0.242 e. The van der Waals surface area contributed by atoms with Crippen molar-refractivity contribution in [1.82, 2.24) is 14.9 Å². The monoisotopic (exact) mass is 593 g/mol. The van der Waals surface area contributed by atoms with Crippen LogP contribution in [0.25, 0.3) is 0 Å². The van der Waals surface area contributed by atoms with Gasteiger partial charge in [0.2, 0.25) is 14.2 Å². The van der Waals surface area contributed by atoms with Crippen LogP contribution in [0.2, 0.25) is 18.1 Å². The summed E-state index contributed by atoms with van der Waals surface area (Å²) >= 11 is 0. The number of nitrogens with zero attached hydrogens (tertiary/aromatic N) is 3. The standard InChI is InChI=1S/C33H41F2N3O3Si/c1-23(39)38(41-42(5,6)32(2,3)4)31(26-11-12-29(34)30(35)19-26)25-9-7-24(8-10-25)21-37-17-14-33(15-18-37)28-20-36-16-13-27(28)22-40-33/h7-13,16,19-20,31H,14-15,17-18,21-22H2,1-6H3. The van der Waals surface area contributed by atoms with Gasteiger partial charge in [-0.1, -0.05) is 51.1 Å². The number of piperidine rings is 1. The first-order valence-corrected chi connectivity index (χ1v) is 17.5. The summed E-state index contributed by atoms with van der Waals surface area (Å²) < 4.78 is 41.1. The van der Waals surface area contributed by atoms with Crippen molar-refractivity contribution in [3.05, 3.63) is 100 Å². The number of carbonyl (C=O) groups excluding carboxylic acids is 1. The second-order valence-electron chi connectivity index (χ2n) is 13.1. The number of fused-ring (bicyclic) bond motifs is 2. The summed E-state index contributed by atoms with van der Waals surface area (Å²) in [6.45, 7) is 15.1. The van der Waals surface area contributed by atoms with Gasteiger partial charge >= 0.3 is 0 Å². The Morgan fingerprint density at radius 1 is 1.07 bits per heavy atom. The molecule has 0 saturated carbocycles. The number of hydroxylamine groups is 2. The van der Waals surface area contributed by atoms with E-state index in [0.717, 1.165) is 55.7 Å². The molecule has 1 amide bonds. The third-order valence-corrected chi connectivity index (χ3v) is 13.5. The Bertz CT molecular complexity index is 1430. The first kappa shape index (κ1) is 30.5. The molecule has 3 heterocycles. The summed E-state index contributed by atoms with van der Waals surface area (Å²) in [6, 6.07) is 13.1. The molecular formula is C33H41F2N3O3Si. The summed E-state index contributed by atoms with van der Waals surface area (Å²) in [6.07, 6.45) is 5.62. The van der Waals surface area contributed by atoms with E-state index in [1.807, 2.05) is 36.7 Å². The Morgan fingerprint density at radius 3 is 2.36 bits per heavy atom. The lowest BCUT2D eigenvalue weighted by atomic mass is 9.84. The van der Waals surface area contributed by atoms with Gasteiger partial charge in [-0.2, -0.15) is 0 Å². The van der Waals surface area contributed by atoms with E-state index in [1.165, 1.54) is 29.2 Å². The quantitative estimate of drug-likeness (QED) is 0.213. The molecule has 5 rings (SSSR count). The van der Waals surface area contributed by atoms with E-state index in [4.69, 9.17) is 9.26 Å². The number of likely N-dealkylation sites (tertiary alicyclic amines) is 1. The zero-order chi connectivity index (χ0) is 30.3. The van der Waals surface area contributed by atoms with Crippen LogP contribution in [0.1, 0.15) is 74.4 Å². The van der Waals surface area contributed by atoms with Crippen LogP contribution in [0, 0.1) is 11.6 Å². The molecule has 224 valence electrons. The van der Waals surface area contributed by atoms with Gasteiger partial charge in [-0.3, -0.25) is 14.7 Å². The average Bonchev–Trinajstić information content (AvgIpc) is 3.29. The van der Waals surface area contributed by atoms with Crippen molar-refractivity contribution >= 4 is 14.2 Å². The Morgan fingerprint density at radius 2 is 1.74 bits per heavy atom. The predicted octanol–water partition coefficient (Wildman–Crippen LogP) is 7.26. The molecule has 1 atom stereocenters. The second kappa shape index (κ2) is 11.6. The lowest BCUT2D eigenvalue weighted by molar-refractivity contribution is -0.164. The maximum Gasteiger partial charge on any atom is 0.242 e. The van der Waals surface area contributed by atoms with Crippen molar-refractivity contribution in [3.8, 4) is 0 Å². The summed E-state index contributed by atoms with van der Waals surface area (Å²) in [7, 11) is -2.44. The number of aromatic nitrogens is 1. The summed E-state index contributed by atoms with van der Waals surface area (Å²) in [5.41, 5.74) is 4.58. The molecule has 1 unspecified atom stereocenters. The molecule has 0 N–H and O–H groups in total. The third-order valence-electron chi connectivity index (χ3n) is 9.21. The minimum Gasteiger partial charge on any atom is -0.365 e. The predicted molar refractivity (Wildman–Crippen MR) is 161 cm³/mol. The Labute approximate surface area is 248 Å². The molecule has 3 aromatic rings. The molecule has 2 aliphatic rings. The highest BCUT2D eigenvalue weighted by molar-refractivity contribution is 6.74. The van der Waals surface area contributed by atoms with Crippen LogP contribution in [-0.4, -0.2) is 42.3 Å². The topological polar surface area (TPSA) is 54.9 Å². The van der Waals surface area contributed by atoms with Gasteiger partial charge in [-0.15, -0.1) is 0 Å². The molecule has 1 saturated heterocycles. The van der Waals surface area contributed by atoms with E-state index in [9.17, 15) is 13.6 Å². The molecule has 1 aromatic heterocycles. The Hall–Kier alpha value is -2.98. The van der Waals surface area contributed by atoms with Gasteiger partial charge in [0.1, 0.15) is 6.04 Å². The van der Waals surface area contributed by atoms with Crippen LogP contribution < -0.4 is 0 Å². The van der Waals surface area contributed by atoms with Crippen LogP contribution in [0.15, 0.2) is 60.9 Å². The number of hydrogen-bond acceptors (Lipinski definition) is 5. The molecule has 2 aromatic carbocycles. The van der Waals surface area contributed by atoms with Crippen LogP contribution in [0.4, 0.5) is 8.78 Å². The molecule has 9 heteroatoms. The highest BCUT2D eigenvalue weighted by Crippen LogP contribution is 2.44. The van der Waals surface area contributed by atoms with Crippen LogP contribution in [-0.2, 0) is 32.8 Å². The summed E-state index contributed by atoms with van der Waals surface area (Å²) in [4.78, 5) is 19.8. The van der Waals surface area contributed by atoms with Crippen molar-refractivity contribution in [2.24, 2.45) is 0 Å². The zero-order valence-electron chi connectivity index (χ0n) is 25.4. The Kier molecular flexibility index (Phi) is 8.42. The third kappa shape index (κ3) is 6.06. The van der Waals surface area contributed by atoms with Gasteiger partial charge in [0.05, 0.1) is 12.2 Å². The number of pyridine rings is 1. The SMILES string of the molecule is CC(=O)N(O[Si](C)(C)C(C)(C)C)C(c1ccc(CN2CCC3(CC2)OCc2ccncc23)cc1)c1ccc(F)c(F)c1. The van der Waals surface area contributed by atoms with Gasteiger partial charge in [0.15, 0.2) is 11.6 Å². The molecule has 0 aliphatic carbocycles. The van der Waals surface area contributed by atoms with Crippen molar-refractivity contribution in [2.45, 2.75) is 83.5 Å². The first-order chi connectivity index (χ1) is 19.8. The van der Waals surface area contributed by atoms with Crippen LogP contribution in [0.5, 0.6) is 0 Å². The molecule has 2 aliphatic heterocycles. The maximum atomic E-state index is 14.4. The molecular weight excluding hydrogens is 552 g/mol. The second-order valence-corrected chi connectivity index (χ2v) is 17.8. The van der Waals surface area contributed by atoms with E-state index in [1.54, 1.807) is 0 Å². The van der Waals surface area contributed by atoms with Crippen LogP contribution >= 0.6 is 0 Å². The fraction of sp³-hybridized carbons (Fsp3) is 0.455. The van der Waals surface area contributed by atoms with Crippen LogP contribution in [0.3, 0.4) is 0 Å². The largest absolute Gasteiger partial charge is 0.365 e. The normalized spacial score (nSPS) is 17.7. The van der Waals surface area contributed by atoms with Gasteiger partial charge in [-0.25, -0.2) is 13.8 Å². The van der Waals surface area contributed by atoms with Crippen molar-refractivity contribution in [2.75, 3.05) is 13.1 Å². The van der Waals surface area contributed by atoms with E-state index in [-0.39, 0.29) is 16.5 Å². The molecule has 1 spiro atoms. The van der Waals surface area contributed by atoms with E-state index in [0.29, 0.717) is 12.2 Å². The molecule has 6 nitrogen and oxygen atoms in total. The van der Waals surface area contributed by atoms with Gasteiger partial charge in [-0.05, 0) is 71.4 Å². The highest BCUT2D eigenvalue weighted by atomic mass is 28.4. The number of ether oxygens (including phenoxy) is 1. The van der Waals surface area contributed by atoms with Crippen molar-refractivity contribution in [3.63, 3.8) is 0 Å². The van der Waals surface area contributed by atoms with Crippen molar-refractivity contribution in [1.29, 1.82) is 0 Å². The minimum atomic E-state index is -2.44. The lowest BCUT2D eigenvalue weighted by Gasteiger charge is -2.42. The number of halogens is 2. The maximum absolute atomic E-state index is 14.4. The fourth-order valence-corrected chi connectivity index (χ4v) is 6.63. The van der Waals surface area contributed by atoms with Gasteiger partial charge in [0, 0.05) is 44.5 Å². The van der Waals surface area contributed by atoms with E-state index < -0.39 is 26.0 Å². The molecule has 0 radical (unpaired) electrons. The van der Waals surface area contributed by atoms with E-state index >= 15 is 0 Å². The highest BCUT2D eigenvalue weighted by Gasteiger charge is 2.44. The lowest BCUT2D eigenvalue weighted by Crippen LogP contribution is -2.49. The summed E-state index contributed by atoms with van der Waals surface area (Å²) in [5.74, 6) is -2.19. The number of hydrogen-bond donors (Lipinski definition) is 0. The average molecular weight is 594 g/mol. The van der Waals surface area contributed by atoms with Crippen molar-refractivity contribution < 1.29 is 22.8 Å². The van der Waals surface area contributed by atoms with Gasteiger partial charge < -0.3 is 9.26 Å². The Balaban J connectivity index is 1.36. The summed E-state index contributed by atoms with van der Waals surface area (Å²) in [5, 5.41) is 1.19. The number of amides is 1. The number of carbonyl (C=O) groups is 1.